The van der Waals surface area contributed by atoms with Crippen LogP contribution < -0.4 is 0 Å². The van der Waals surface area contributed by atoms with Crippen molar-refractivity contribution in [3.63, 3.8) is 0 Å². The number of nitrogens with zero attached hydrogens (tertiary/aromatic N) is 1. The Morgan fingerprint density at radius 3 is 2.43 bits per heavy atom. The molecular weight excluding hydrogens is 177 g/mol. The molecule has 1 aromatic carbocycles. The third kappa shape index (κ3) is 1.55. The molecule has 1 aliphatic rings. The second-order valence-corrected chi connectivity index (χ2v) is 4.13. The Morgan fingerprint density at radius 1 is 1.29 bits per heavy atom. The summed E-state index contributed by atoms with van der Waals surface area (Å²) in [6, 6.07) is 10.3. The maximum absolute atomic E-state index is 13.7. The summed E-state index contributed by atoms with van der Waals surface area (Å²) in [5.41, 5.74) is 1.12. The van der Waals surface area contributed by atoms with E-state index in [0.717, 1.165) is 5.56 Å². The molecule has 0 radical (unpaired) electrons. The van der Waals surface area contributed by atoms with E-state index in [1.54, 1.807) is 0 Å². The van der Waals surface area contributed by atoms with Crippen LogP contribution in [-0.2, 0) is 0 Å². The van der Waals surface area contributed by atoms with E-state index in [0.29, 0.717) is 12.6 Å². The summed E-state index contributed by atoms with van der Waals surface area (Å²) in [4.78, 5) is 2.09. The minimum Gasteiger partial charge on any atom is -0.300 e. The average molecular weight is 193 g/mol. The van der Waals surface area contributed by atoms with Crippen LogP contribution in [0, 0.1) is 0 Å². The van der Waals surface area contributed by atoms with Crippen LogP contribution in [0.5, 0.6) is 0 Å². The van der Waals surface area contributed by atoms with E-state index >= 15 is 0 Å². The van der Waals surface area contributed by atoms with Gasteiger partial charge < -0.3 is 4.90 Å². The SMILES string of the molecule is C[C@H]1[C@H](c2ccccc2)[C@H](F)CN1C. The Labute approximate surface area is 84.5 Å². The van der Waals surface area contributed by atoms with E-state index < -0.39 is 6.17 Å². The van der Waals surface area contributed by atoms with Crippen LogP contribution in [-0.4, -0.2) is 30.7 Å². The zero-order chi connectivity index (χ0) is 10.1. The van der Waals surface area contributed by atoms with Crippen molar-refractivity contribution in [3.05, 3.63) is 35.9 Å². The number of hydrogen-bond donors (Lipinski definition) is 0. The fourth-order valence-electron chi connectivity index (χ4n) is 2.29. The second-order valence-electron chi connectivity index (χ2n) is 4.13. The summed E-state index contributed by atoms with van der Waals surface area (Å²) in [6.07, 6.45) is -0.725. The molecule has 1 saturated heterocycles. The van der Waals surface area contributed by atoms with Crippen LogP contribution in [0.15, 0.2) is 30.3 Å². The average Bonchev–Trinajstić information content (AvgIpc) is 2.43. The summed E-state index contributed by atoms with van der Waals surface area (Å²) in [5, 5.41) is 0. The minimum atomic E-state index is -0.725. The Bertz CT molecular complexity index is 298. The molecule has 0 spiro atoms. The molecule has 0 saturated carbocycles. The molecule has 0 aliphatic carbocycles. The summed E-state index contributed by atoms with van der Waals surface area (Å²) < 4.78 is 13.7. The molecule has 1 nitrogen and oxygen atoms in total. The van der Waals surface area contributed by atoms with Gasteiger partial charge in [-0.3, -0.25) is 0 Å². The predicted octanol–water partition coefficient (Wildman–Crippen LogP) is 2.44. The Morgan fingerprint density at radius 2 is 1.93 bits per heavy atom. The number of likely N-dealkylation sites (tertiary alicyclic amines) is 1. The Balaban J connectivity index is 2.26. The van der Waals surface area contributed by atoms with Gasteiger partial charge in [0.05, 0.1) is 0 Å². The van der Waals surface area contributed by atoms with Crippen LogP contribution in [0.25, 0.3) is 0 Å². The molecule has 1 aliphatic heterocycles. The highest BCUT2D eigenvalue weighted by atomic mass is 19.1. The molecule has 14 heavy (non-hydrogen) atoms. The number of rotatable bonds is 1. The highest BCUT2D eigenvalue weighted by molar-refractivity contribution is 5.24. The lowest BCUT2D eigenvalue weighted by Crippen LogP contribution is -2.24. The first-order chi connectivity index (χ1) is 6.70. The molecule has 0 aromatic heterocycles. The molecule has 0 amide bonds. The summed E-state index contributed by atoms with van der Waals surface area (Å²) >= 11 is 0. The van der Waals surface area contributed by atoms with Gasteiger partial charge in [0.2, 0.25) is 0 Å². The Hall–Kier alpha value is -0.890. The van der Waals surface area contributed by atoms with Crippen molar-refractivity contribution in [2.24, 2.45) is 0 Å². The fraction of sp³-hybridized carbons (Fsp3) is 0.500. The highest BCUT2D eigenvalue weighted by Gasteiger charge is 2.38. The number of halogens is 1. The van der Waals surface area contributed by atoms with Gasteiger partial charge in [-0.1, -0.05) is 30.3 Å². The lowest BCUT2D eigenvalue weighted by molar-refractivity contribution is 0.303. The molecule has 1 aromatic rings. The molecule has 1 heterocycles. The standard InChI is InChI=1S/C12H16FN/c1-9-12(11(13)8-14(9)2)10-6-4-3-5-7-10/h3-7,9,11-12H,8H2,1-2H3/t9-,11+,12+/m0/s1. The predicted molar refractivity (Wildman–Crippen MR) is 56.2 cm³/mol. The number of benzene rings is 1. The maximum atomic E-state index is 13.7. The van der Waals surface area contributed by atoms with Crippen molar-refractivity contribution in [2.75, 3.05) is 13.6 Å². The molecule has 3 atom stereocenters. The van der Waals surface area contributed by atoms with Crippen molar-refractivity contribution in [2.45, 2.75) is 25.1 Å². The number of hydrogen-bond acceptors (Lipinski definition) is 1. The van der Waals surface area contributed by atoms with Crippen LogP contribution in [0.3, 0.4) is 0 Å². The summed E-state index contributed by atoms with van der Waals surface area (Å²) in [6.45, 7) is 2.65. The van der Waals surface area contributed by atoms with Crippen molar-refractivity contribution in [3.8, 4) is 0 Å². The molecule has 0 bridgehead atoms. The van der Waals surface area contributed by atoms with Crippen molar-refractivity contribution in [1.29, 1.82) is 0 Å². The zero-order valence-corrected chi connectivity index (χ0v) is 8.65. The van der Waals surface area contributed by atoms with Crippen LogP contribution in [0.4, 0.5) is 4.39 Å². The van der Waals surface area contributed by atoms with Gasteiger partial charge in [0, 0.05) is 18.5 Å². The number of alkyl halides is 1. The summed E-state index contributed by atoms with van der Waals surface area (Å²) in [5.74, 6) is 0.0428. The maximum Gasteiger partial charge on any atom is 0.121 e. The minimum absolute atomic E-state index is 0.0428. The van der Waals surface area contributed by atoms with E-state index in [4.69, 9.17) is 0 Å². The van der Waals surface area contributed by atoms with Crippen molar-refractivity contribution in [1.82, 2.24) is 4.90 Å². The van der Waals surface area contributed by atoms with E-state index in [-0.39, 0.29) is 5.92 Å². The largest absolute Gasteiger partial charge is 0.300 e. The lowest BCUT2D eigenvalue weighted by atomic mass is 9.92. The van der Waals surface area contributed by atoms with Gasteiger partial charge in [0.1, 0.15) is 6.17 Å². The molecule has 1 fully saturated rings. The molecule has 0 N–H and O–H groups in total. The van der Waals surface area contributed by atoms with E-state index in [9.17, 15) is 4.39 Å². The first-order valence-corrected chi connectivity index (χ1v) is 5.09. The van der Waals surface area contributed by atoms with E-state index in [1.165, 1.54) is 0 Å². The smallest absolute Gasteiger partial charge is 0.121 e. The second kappa shape index (κ2) is 3.70. The quantitative estimate of drug-likeness (QED) is 0.662. The lowest BCUT2D eigenvalue weighted by Gasteiger charge is -2.20. The van der Waals surface area contributed by atoms with Crippen molar-refractivity contribution >= 4 is 0 Å². The van der Waals surface area contributed by atoms with Gasteiger partial charge in [0.25, 0.3) is 0 Å². The Kier molecular flexibility index (Phi) is 2.55. The molecule has 76 valence electrons. The third-order valence-electron chi connectivity index (χ3n) is 3.25. The van der Waals surface area contributed by atoms with Gasteiger partial charge in [-0.25, -0.2) is 4.39 Å². The summed E-state index contributed by atoms with van der Waals surface area (Å²) in [7, 11) is 1.99. The van der Waals surface area contributed by atoms with E-state index in [2.05, 4.69) is 11.8 Å². The van der Waals surface area contributed by atoms with Crippen LogP contribution >= 0.6 is 0 Å². The third-order valence-corrected chi connectivity index (χ3v) is 3.25. The van der Waals surface area contributed by atoms with Gasteiger partial charge in [0.15, 0.2) is 0 Å². The molecule has 0 unspecified atom stereocenters. The molecule has 2 heteroatoms. The van der Waals surface area contributed by atoms with Gasteiger partial charge in [-0.2, -0.15) is 0 Å². The normalized spacial score (nSPS) is 33.5. The van der Waals surface area contributed by atoms with Gasteiger partial charge in [-0.05, 0) is 19.5 Å². The first-order valence-electron chi connectivity index (χ1n) is 5.09. The van der Waals surface area contributed by atoms with Gasteiger partial charge >= 0.3 is 0 Å². The van der Waals surface area contributed by atoms with E-state index in [1.807, 2.05) is 37.4 Å². The first kappa shape index (κ1) is 9.66. The zero-order valence-electron chi connectivity index (χ0n) is 8.65. The van der Waals surface area contributed by atoms with Gasteiger partial charge in [-0.15, -0.1) is 0 Å². The molecule has 2 rings (SSSR count). The van der Waals surface area contributed by atoms with Crippen LogP contribution in [0.2, 0.25) is 0 Å². The van der Waals surface area contributed by atoms with Crippen molar-refractivity contribution < 1.29 is 4.39 Å². The number of likely N-dealkylation sites (N-methyl/N-ethyl adjacent to an activating group) is 1. The monoisotopic (exact) mass is 193 g/mol. The fourth-order valence-corrected chi connectivity index (χ4v) is 2.29. The highest BCUT2D eigenvalue weighted by Crippen LogP contribution is 2.34. The molecular formula is C12H16FN. The van der Waals surface area contributed by atoms with Crippen LogP contribution in [0.1, 0.15) is 18.4 Å². The topological polar surface area (TPSA) is 3.24 Å².